The number of pyridine rings is 1. The highest BCUT2D eigenvalue weighted by Gasteiger charge is 2.30. The first-order valence-corrected chi connectivity index (χ1v) is 7.54. The number of benzene rings is 1. The number of hydrogen-bond acceptors (Lipinski definition) is 5. The van der Waals surface area contributed by atoms with E-state index in [4.69, 9.17) is 9.47 Å². The van der Waals surface area contributed by atoms with Crippen LogP contribution in [0.1, 0.15) is 19.4 Å². The third-order valence-corrected chi connectivity index (χ3v) is 3.16. The maximum Gasteiger partial charge on any atom is 0.417 e. The van der Waals surface area contributed by atoms with Crippen molar-refractivity contribution in [2.24, 2.45) is 0 Å². The number of alkyl halides is 3. The molecule has 0 saturated heterocycles. The minimum atomic E-state index is -4.44. The minimum absolute atomic E-state index is 0.0496. The van der Waals surface area contributed by atoms with Crippen molar-refractivity contribution in [2.75, 3.05) is 11.9 Å². The smallest absolute Gasteiger partial charge is 0.417 e. The second-order valence-electron chi connectivity index (χ2n) is 5.13. The molecule has 0 bridgehead atoms. The molecule has 1 aromatic heterocycles. The molecule has 0 fully saturated rings. The van der Waals surface area contributed by atoms with E-state index in [0.29, 0.717) is 24.2 Å². The molecule has 0 radical (unpaired) electrons. The van der Waals surface area contributed by atoms with Crippen molar-refractivity contribution in [3.05, 3.63) is 48.2 Å². The fourth-order valence-electron chi connectivity index (χ4n) is 1.92. The Hall–Kier alpha value is -2.77. The maximum atomic E-state index is 12.5. The normalized spacial score (nSPS) is 12.4. The summed E-state index contributed by atoms with van der Waals surface area (Å²) < 4.78 is 47.7. The lowest BCUT2D eigenvalue weighted by atomic mass is 10.2. The van der Waals surface area contributed by atoms with Gasteiger partial charge in [-0.25, -0.2) is 9.78 Å². The minimum Gasteiger partial charge on any atom is -0.464 e. The summed E-state index contributed by atoms with van der Waals surface area (Å²) in [6, 6.07) is 8.11. The molecule has 2 aromatic rings. The van der Waals surface area contributed by atoms with E-state index in [2.05, 4.69) is 10.3 Å². The van der Waals surface area contributed by atoms with E-state index >= 15 is 0 Å². The molecule has 0 amide bonds. The second-order valence-corrected chi connectivity index (χ2v) is 5.13. The highest BCUT2D eigenvalue weighted by molar-refractivity contribution is 5.78. The van der Waals surface area contributed by atoms with Crippen LogP contribution >= 0.6 is 0 Å². The Kier molecular flexibility index (Phi) is 5.84. The molecule has 8 heteroatoms. The summed E-state index contributed by atoms with van der Waals surface area (Å²) in [5.74, 6) is 0.0898. The zero-order chi connectivity index (χ0) is 18.4. The number of hydrogen-bond donors (Lipinski definition) is 1. The van der Waals surface area contributed by atoms with Gasteiger partial charge in [-0.05, 0) is 44.2 Å². The van der Waals surface area contributed by atoms with Crippen molar-refractivity contribution < 1.29 is 27.4 Å². The van der Waals surface area contributed by atoms with Crippen LogP contribution in [0.15, 0.2) is 42.6 Å². The Morgan fingerprint density at radius 3 is 2.40 bits per heavy atom. The molecule has 1 aromatic carbocycles. The van der Waals surface area contributed by atoms with Crippen LogP contribution in [0.3, 0.4) is 0 Å². The number of esters is 1. The van der Waals surface area contributed by atoms with Crippen molar-refractivity contribution in [1.82, 2.24) is 4.98 Å². The maximum absolute atomic E-state index is 12.5. The SMILES string of the molecule is CCOC(=O)C(C)Nc1ccc(Oc2ccc(C(F)(F)F)cn2)cc1. The van der Waals surface area contributed by atoms with E-state index in [1.165, 1.54) is 0 Å². The molecule has 0 aliphatic carbocycles. The molecule has 1 atom stereocenters. The number of nitrogens with zero attached hydrogens (tertiary/aromatic N) is 1. The van der Waals surface area contributed by atoms with E-state index in [0.717, 1.165) is 12.1 Å². The number of ether oxygens (including phenoxy) is 2. The third kappa shape index (κ3) is 5.37. The molecule has 0 aliphatic rings. The van der Waals surface area contributed by atoms with Gasteiger partial charge in [0.25, 0.3) is 0 Å². The Balaban J connectivity index is 1.97. The van der Waals surface area contributed by atoms with Crippen molar-refractivity contribution in [2.45, 2.75) is 26.1 Å². The van der Waals surface area contributed by atoms with Gasteiger partial charge < -0.3 is 14.8 Å². The molecule has 1 N–H and O–H groups in total. The molecule has 2 rings (SSSR count). The molecular weight excluding hydrogens is 337 g/mol. The topological polar surface area (TPSA) is 60.5 Å². The van der Waals surface area contributed by atoms with Crippen LogP contribution in [0.2, 0.25) is 0 Å². The molecule has 1 unspecified atom stereocenters. The van der Waals surface area contributed by atoms with Crippen LogP contribution < -0.4 is 10.1 Å². The monoisotopic (exact) mass is 354 g/mol. The lowest BCUT2D eigenvalue weighted by Crippen LogP contribution is -2.28. The van der Waals surface area contributed by atoms with E-state index in [-0.39, 0.29) is 11.8 Å². The summed E-state index contributed by atoms with van der Waals surface area (Å²) in [5, 5.41) is 2.97. The van der Waals surface area contributed by atoms with Gasteiger partial charge >= 0.3 is 12.1 Å². The lowest BCUT2D eigenvalue weighted by Gasteiger charge is -2.14. The molecule has 0 aliphatic heterocycles. The molecular formula is C17H17F3N2O3. The first-order valence-electron chi connectivity index (χ1n) is 7.54. The Morgan fingerprint density at radius 2 is 1.88 bits per heavy atom. The number of carbonyl (C=O) groups is 1. The van der Waals surface area contributed by atoms with Crippen LogP contribution in [-0.2, 0) is 15.7 Å². The van der Waals surface area contributed by atoms with E-state index in [1.54, 1.807) is 38.1 Å². The van der Waals surface area contributed by atoms with Crippen molar-refractivity contribution in [3.8, 4) is 11.6 Å². The molecule has 0 saturated carbocycles. The van der Waals surface area contributed by atoms with Crippen LogP contribution in [0.25, 0.3) is 0 Å². The van der Waals surface area contributed by atoms with Gasteiger partial charge in [0.05, 0.1) is 12.2 Å². The van der Waals surface area contributed by atoms with Gasteiger partial charge in [-0.3, -0.25) is 0 Å². The Morgan fingerprint density at radius 1 is 1.20 bits per heavy atom. The molecule has 1 heterocycles. The summed E-state index contributed by atoms with van der Waals surface area (Å²) in [6.07, 6.45) is -3.72. The molecule has 0 spiro atoms. The Labute approximate surface area is 142 Å². The van der Waals surface area contributed by atoms with E-state index in [9.17, 15) is 18.0 Å². The quantitative estimate of drug-likeness (QED) is 0.786. The molecule has 134 valence electrons. The van der Waals surface area contributed by atoms with Gasteiger partial charge in [0.1, 0.15) is 11.8 Å². The molecule has 25 heavy (non-hydrogen) atoms. The van der Waals surface area contributed by atoms with Gasteiger partial charge in [0.15, 0.2) is 0 Å². The largest absolute Gasteiger partial charge is 0.464 e. The van der Waals surface area contributed by atoms with Gasteiger partial charge in [-0.1, -0.05) is 0 Å². The second kappa shape index (κ2) is 7.87. The fraction of sp³-hybridized carbons (Fsp3) is 0.294. The van der Waals surface area contributed by atoms with Crippen LogP contribution in [-0.4, -0.2) is 23.6 Å². The van der Waals surface area contributed by atoms with Crippen molar-refractivity contribution in [3.63, 3.8) is 0 Å². The first-order chi connectivity index (χ1) is 11.8. The zero-order valence-corrected chi connectivity index (χ0v) is 13.6. The third-order valence-electron chi connectivity index (χ3n) is 3.16. The summed E-state index contributed by atoms with van der Waals surface area (Å²) >= 11 is 0. The highest BCUT2D eigenvalue weighted by Crippen LogP contribution is 2.30. The van der Waals surface area contributed by atoms with E-state index < -0.39 is 17.8 Å². The van der Waals surface area contributed by atoms with Gasteiger partial charge in [-0.15, -0.1) is 0 Å². The average Bonchev–Trinajstić information content (AvgIpc) is 2.56. The summed E-state index contributed by atoms with van der Waals surface area (Å²) in [4.78, 5) is 15.2. The van der Waals surface area contributed by atoms with E-state index in [1.807, 2.05) is 0 Å². The highest BCUT2D eigenvalue weighted by atomic mass is 19.4. The van der Waals surface area contributed by atoms with Crippen molar-refractivity contribution >= 4 is 11.7 Å². The fourth-order valence-corrected chi connectivity index (χ4v) is 1.92. The number of halogens is 3. The predicted molar refractivity (Wildman–Crippen MR) is 85.5 cm³/mol. The predicted octanol–water partition coefficient (Wildman–Crippen LogP) is 4.26. The standard InChI is InChI=1S/C17H17F3N2O3/c1-3-24-16(23)11(2)22-13-5-7-14(8-6-13)25-15-9-4-12(10-21-15)17(18,19)20/h4-11,22H,3H2,1-2H3. The summed E-state index contributed by atoms with van der Waals surface area (Å²) in [7, 11) is 0. The number of aromatic nitrogens is 1. The number of carbonyl (C=O) groups excluding carboxylic acids is 1. The van der Waals surface area contributed by atoms with Crippen LogP contribution in [0, 0.1) is 0 Å². The summed E-state index contributed by atoms with van der Waals surface area (Å²) in [6.45, 7) is 3.71. The number of rotatable bonds is 6. The Bertz CT molecular complexity index is 701. The summed E-state index contributed by atoms with van der Waals surface area (Å²) in [5.41, 5.74) is -0.166. The zero-order valence-electron chi connectivity index (χ0n) is 13.6. The van der Waals surface area contributed by atoms with Crippen LogP contribution in [0.5, 0.6) is 11.6 Å². The van der Waals surface area contributed by atoms with Crippen molar-refractivity contribution in [1.29, 1.82) is 0 Å². The number of nitrogens with one attached hydrogen (secondary N) is 1. The number of anilines is 1. The first kappa shape index (κ1) is 18.6. The molecule has 5 nitrogen and oxygen atoms in total. The van der Waals surface area contributed by atoms with Gasteiger partial charge in [0, 0.05) is 18.0 Å². The lowest BCUT2D eigenvalue weighted by molar-refractivity contribution is -0.143. The average molecular weight is 354 g/mol. The van der Waals surface area contributed by atoms with Crippen LogP contribution in [0.4, 0.5) is 18.9 Å². The van der Waals surface area contributed by atoms with Gasteiger partial charge in [0.2, 0.25) is 5.88 Å². The van der Waals surface area contributed by atoms with Gasteiger partial charge in [-0.2, -0.15) is 13.2 Å².